The molecule has 1 aromatic rings. The van der Waals surface area contributed by atoms with E-state index in [2.05, 4.69) is 5.32 Å². The van der Waals surface area contributed by atoms with Gasteiger partial charge in [0.2, 0.25) is 11.8 Å². The lowest BCUT2D eigenvalue weighted by atomic mass is 10.0. The van der Waals surface area contributed by atoms with Gasteiger partial charge < -0.3 is 16.2 Å². The number of benzene rings is 1. The van der Waals surface area contributed by atoms with Crippen molar-refractivity contribution in [3.8, 4) is 0 Å². The Morgan fingerprint density at radius 3 is 2.62 bits per heavy atom. The van der Waals surface area contributed by atoms with Crippen LogP contribution in [0, 0.1) is 5.92 Å². The molecule has 2 amide bonds. The molecule has 1 saturated carbocycles. The van der Waals surface area contributed by atoms with Crippen molar-refractivity contribution in [3.63, 3.8) is 0 Å². The van der Waals surface area contributed by atoms with Crippen LogP contribution >= 0.6 is 11.6 Å². The van der Waals surface area contributed by atoms with Gasteiger partial charge in [-0.25, -0.2) is 0 Å². The van der Waals surface area contributed by atoms with Crippen molar-refractivity contribution < 1.29 is 14.7 Å². The van der Waals surface area contributed by atoms with E-state index in [9.17, 15) is 14.7 Å². The maximum absolute atomic E-state index is 12.0. The van der Waals surface area contributed by atoms with Gasteiger partial charge in [-0.1, -0.05) is 30.2 Å². The van der Waals surface area contributed by atoms with Crippen molar-refractivity contribution in [2.45, 2.75) is 37.8 Å². The lowest BCUT2D eigenvalue weighted by Crippen LogP contribution is -2.42. The van der Waals surface area contributed by atoms with Crippen molar-refractivity contribution in [2.75, 3.05) is 0 Å². The molecule has 1 aliphatic rings. The second-order valence-electron chi connectivity index (χ2n) is 5.39. The van der Waals surface area contributed by atoms with Crippen LogP contribution in [0.3, 0.4) is 0 Å². The van der Waals surface area contributed by atoms with E-state index in [0.29, 0.717) is 17.0 Å². The number of hydrogen-bond donors (Lipinski definition) is 3. The van der Waals surface area contributed by atoms with E-state index in [1.54, 1.807) is 24.3 Å². The highest BCUT2D eigenvalue weighted by molar-refractivity contribution is 6.30. The first kappa shape index (κ1) is 15.8. The Balaban J connectivity index is 1.89. The summed E-state index contributed by atoms with van der Waals surface area (Å²) in [5.41, 5.74) is 5.95. The number of carbonyl (C=O) groups excluding carboxylic acids is 2. The van der Waals surface area contributed by atoms with Crippen molar-refractivity contribution >= 4 is 23.4 Å². The number of hydrogen-bond acceptors (Lipinski definition) is 3. The van der Waals surface area contributed by atoms with Crippen LogP contribution in [0.1, 0.15) is 37.4 Å². The lowest BCUT2D eigenvalue weighted by molar-refractivity contribution is -0.125. The number of nitrogens with two attached hydrogens (primary N) is 1. The largest absolute Gasteiger partial charge is 0.388 e. The van der Waals surface area contributed by atoms with Gasteiger partial charge in [-0.15, -0.1) is 0 Å². The third-order valence-corrected chi connectivity index (χ3v) is 4.11. The number of carbonyl (C=O) groups is 2. The number of nitrogens with one attached hydrogen (secondary N) is 1. The molecular weight excluding hydrogens is 292 g/mol. The van der Waals surface area contributed by atoms with Crippen molar-refractivity contribution in [1.29, 1.82) is 0 Å². The molecule has 0 spiro atoms. The third-order valence-electron chi connectivity index (χ3n) is 3.86. The molecule has 0 aromatic heterocycles. The molecule has 2 rings (SSSR count). The van der Waals surface area contributed by atoms with Crippen LogP contribution in [0.2, 0.25) is 5.02 Å². The van der Waals surface area contributed by atoms with Crippen LogP contribution in [-0.2, 0) is 9.59 Å². The lowest BCUT2D eigenvalue weighted by Gasteiger charge is -2.19. The maximum Gasteiger partial charge on any atom is 0.223 e. The van der Waals surface area contributed by atoms with Crippen LogP contribution in [0.15, 0.2) is 24.3 Å². The minimum atomic E-state index is -0.893. The Morgan fingerprint density at radius 1 is 1.33 bits per heavy atom. The Morgan fingerprint density at radius 2 is 2.00 bits per heavy atom. The molecule has 0 saturated heterocycles. The molecular formula is C15H19ClN2O3. The molecule has 1 aromatic carbocycles. The van der Waals surface area contributed by atoms with Gasteiger partial charge in [-0.3, -0.25) is 9.59 Å². The fourth-order valence-corrected chi connectivity index (χ4v) is 2.84. The van der Waals surface area contributed by atoms with Crippen LogP contribution in [0.5, 0.6) is 0 Å². The summed E-state index contributed by atoms with van der Waals surface area (Å²) in [7, 11) is 0. The predicted octanol–water partition coefficient (Wildman–Crippen LogP) is 1.53. The Hall–Kier alpha value is -1.59. The highest BCUT2D eigenvalue weighted by Gasteiger charge is 2.32. The summed E-state index contributed by atoms with van der Waals surface area (Å²) in [6, 6.07) is 6.48. The molecule has 4 N–H and O–H groups in total. The zero-order chi connectivity index (χ0) is 15.4. The highest BCUT2D eigenvalue weighted by Crippen LogP contribution is 2.26. The van der Waals surface area contributed by atoms with E-state index in [-0.39, 0.29) is 30.2 Å². The molecule has 3 atom stereocenters. The maximum atomic E-state index is 12.0. The fourth-order valence-electron chi connectivity index (χ4n) is 2.72. The first-order chi connectivity index (χ1) is 9.97. The first-order valence-corrected chi connectivity index (χ1v) is 7.37. The number of primary amides is 1. The average Bonchev–Trinajstić information content (AvgIpc) is 2.87. The molecule has 5 nitrogen and oxygen atoms in total. The van der Waals surface area contributed by atoms with Gasteiger partial charge in [0.1, 0.15) is 0 Å². The summed E-state index contributed by atoms with van der Waals surface area (Å²) in [4.78, 5) is 23.2. The van der Waals surface area contributed by atoms with Crippen LogP contribution in [0.4, 0.5) is 0 Å². The van der Waals surface area contributed by atoms with Crippen molar-refractivity contribution in [2.24, 2.45) is 11.7 Å². The number of aliphatic hydroxyl groups excluding tert-OH is 1. The quantitative estimate of drug-likeness (QED) is 0.770. The smallest absolute Gasteiger partial charge is 0.223 e. The summed E-state index contributed by atoms with van der Waals surface area (Å²) in [6.07, 6.45) is 1.38. The fraction of sp³-hybridized carbons (Fsp3) is 0.467. The van der Waals surface area contributed by atoms with Gasteiger partial charge in [0, 0.05) is 11.1 Å². The monoisotopic (exact) mass is 310 g/mol. The minimum Gasteiger partial charge on any atom is -0.388 e. The van der Waals surface area contributed by atoms with E-state index >= 15 is 0 Å². The molecule has 0 bridgehead atoms. The SMILES string of the molecule is NC(=O)[C@@H]1CCC[C@H]1NC(=O)C[C@H](O)c1ccc(Cl)cc1. The molecule has 21 heavy (non-hydrogen) atoms. The average molecular weight is 311 g/mol. The normalized spacial score (nSPS) is 22.8. The number of amides is 2. The van der Waals surface area contributed by atoms with E-state index in [4.69, 9.17) is 17.3 Å². The third kappa shape index (κ3) is 4.19. The Bertz CT molecular complexity index is 518. The number of halogens is 1. The Kier molecular flexibility index (Phi) is 5.20. The molecule has 6 heteroatoms. The van der Waals surface area contributed by atoms with Crippen LogP contribution < -0.4 is 11.1 Å². The van der Waals surface area contributed by atoms with Crippen molar-refractivity contribution in [3.05, 3.63) is 34.9 Å². The van der Waals surface area contributed by atoms with Gasteiger partial charge >= 0.3 is 0 Å². The summed E-state index contributed by atoms with van der Waals surface area (Å²) in [5, 5.41) is 13.4. The molecule has 0 heterocycles. The summed E-state index contributed by atoms with van der Waals surface area (Å²) in [6.45, 7) is 0. The summed E-state index contributed by atoms with van der Waals surface area (Å²) < 4.78 is 0. The second-order valence-corrected chi connectivity index (χ2v) is 5.82. The van der Waals surface area contributed by atoms with Crippen LogP contribution in [0.25, 0.3) is 0 Å². The Labute approximate surface area is 128 Å². The zero-order valence-electron chi connectivity index (χ0n) is 11.6. The second kappa shape index (κ2) is 6.91. The van der Waals surface area contributed by atoms with Crippen LogP contribution in [-0.4, -0.2) is 23.0 Å². The number of aliphatic hydroxyl groups is 1. The minimum absolute atomic E-state index is 0.0520. The topological polar surface area (TPSA) is 92.4 Å². The standard InChI is InChI=1S/C15H19ClN2O3/c16-10-6-4-9(5-7-10)13(19)8-14(20)18-12-3-1-2-11(12)15(17)21/h4-7,11-13,19H,1-3,8H2,(H2,17,21)(H,18,20)/t11-,12-,13+/m1/s1. The van der Waals surface area contributed by atoms with E-state index < -0.39 is 6.10 Å². The van der Waals surface area contributed by atoms with Crippen molar-refractivity contribution in [1.82, 2.24) is 5.32 Å². The molecule has 0 radical (unpaired) electrons. The summed E-state index contributed by atoms with van der Waals surface area (Å²) >= 11 is 5.78. The van der Waals surface area contributed by atoms with E-state index in [1.807, 2.05) is 0 Å². The zero-order valence-corrected chi connectivity index (χ0v) is 12.3. The molecule has 1 aliphatic carbocycles. The van der Waals surface area contributed by atoms with Gasteiger partial charge in [0.25, 0.3) is 0 Å². The molecule has 0 aliphatic heterocycles. The molecule has 0 unspecified atom stereocenters. The van der Waals surface area contributed by atoms with Gasteiger partial charge in [0.05, 0.1) is 18.4 Å². The highest BCUT2D eigenvalue weighted by atomic mass is 35.5. The van der Waals surface area contributed by atoms with Gasteiger partial charge in [0.15, 0.2) is 0 Å². The first-order valence-electron chi connectivity index (χ1n) is 6.99. The summed E-state index contributed by atoms with van der Waals surface area (Å²) in [5.74, 6) is -0.965. The van der Waals surface area contributed by atoms with E-state index in [0.717, 1.165) is 12.8 Å². The van der Waals surface area contributed by atoms with Gasteiger partial charge in [-0.05, 0) is 30.5 Å². The molecule has 114 valence electrons. The molecule has 1 fully saturated rings. The van der Waals surface area contributed by atoms with E-state index in [1.165, 1.54) is 0 Å². The predicted molar refractivity (Wildman–Crippen MR) is 79.5 cm³/mol. The van der Waals surface area contributed by atoms with Gasteiger partial charge in [-0.2, -0.15) is 0 Å². The number of rotatable bonds is 5.